The second-order valence-corrected chi connectivity index (χ2v) is 7.19. The summed E-state index contributed by atoms with van der Waals surface area (Å²) >= 11 is 0. The molecule has 7 heteroatoms. The lowest BCUT2D eigenvalue weighted by Crippen LogP contribution is -2.39. The van der Waals surface area contributed by atoms with Crippen LogP contribution in [0.25, 0.3) is 0 Å². The lowest BCUT2D eigenvalue weighted by atomic mass is 9.98. The van der Waals surface area contributed by atoms with E-state index in [1.165, 1.54) is 32.1 Å². The summed E-state index contributed by atoms with van der Waals surface area (Å²) in [6.07, 6.45) is 7.72. The number of halogens is 1. The molecule has 1 fully saturated rings. The molecule has 0 aromatic carbocycles. The first-order valence-corrected chi connectivity index (χ1v) is 9.26. The van der Waals surface area contributed by atoms with E-state index in [1.54, 1.807) is 0 Å². The van der Waals surface area contributed by atoms with E-state index in [2.05, 4.69) is 15.6 Å². The lowest BCUT2D eigenvalue weighted by molar-refractivity contribution is -0.152. The van der Waals surface area contributed by atoms with Crippen LogP contribution in [0.4, 0.5) is 0 Å². The molecule has 0 saturated heterocycles. The number of nitrogens with zero attached hydrogens (tertiary/aromatic N) is 1. The second-order valence-electron chi connectivity index (χ2n) is 7.19. The van der Waals surface area contributed by atoms with Gasteiger partial charge in [0.05, 0.1) is 6.10 Å². The third-order valence-electron chi connectivity index (χ3n) is 3.65. The van der Waals surface area contributed by atoms with Gasteiger partial charge in [-0.3, -0.25) is 4.79 Å². The van der Waals surface area contributed by atoms with Crippen molar-refractivity contribution in [3.8, 4) is 0 Å². The highest BCUT2D eigenvalue weighted by Crippen LogP contribution is 2.20. The summed E-state index contributed by atoms with van der Waals surface area (Å²) in [6, 6.07) is 0. The van der Waals surface area contributed by atoms with Crippen LogP contribution < -0.4 is 10.6 Å². The van der Waals surface area contributed by atoms with Crippen molar-refractivity contribution in [3.63, 3.8) is 0 Å². The van der Waals surface area contributed by atoms with Crippen LogP contribution in [0, 0.1) is 0 Å². The highest BCUT2D eigenvalue weighted by molar-refractivity contribution is 14.0. The minimum absolute atomic E-state index is 0. The Labute approximate surface area is 169 Å². The van der Waals surface area contributed by atoms with Crippen LogP contribution in [0.15, 0.2) is 4.99 Å². The summed E-state index contributed by atoms with van der Waals surface area (Å²) < 4.78 is 11.2. The first-order chi connectivity index (χ1) is 11.4. The second kappa shape index (κ2) is 13.6. The molecular formula is C18H36IN3O3. The van der Waals surface area contributed by atoms with Crippen LogP contribution >= 0.6 is 24.0 Å². The van der Waals surface area contributed by atoms with Crippen LogP contribution in [0.1, 0.15) is 66.2 Å². The van der Waals surface area contributed by atoms with Gasteiger partial charge in [-0.1, -0.05) is 19.3 Å². The molecule has 0 aromatic heterocycles. The number of carbonyl (C=O) groups is 1. The molecule has 1 saturated carbocycles. The molecule has 1 aliphatic carbocycles. The summed E-state index contributed by atoms with van der Waals surface area (Å²) in [6.45, 7) is 9.86. The van der Waals surface area contributed by atoms with Crippen LogP contribution in [0.3, 0.4) is 0 Å². The number of guanidine groups is 1. The Kier molecular flexibility index (Phi) is 13.3. The molecular weight excluding hydrogens is 433 g/mol. The Hall–Kier alpha value is -0.570. The highest BCUT2D eigenvalue weighted by atomic mass is 127. The Morgan fingerprint density at radius 3 is 2.44 bits per heavy atom. The van der Waals surface area contributed by atoms with Crippen molar-refractivity contribution in [2.45, 2.75) is 77.9 Å². The highest BCUT2D eigenvalue weighted by Gasteiger charge is 2.16. The predicted molar refractivity (Wildman–Crippen MR) is 113 cm³/mol. The fourth-order valence-electron chi connectivity index (χ4n) is 2.62. The zero-order valence-corrected chi connectivity index (χ0v) is 18.6. The maximum Gasteiger partial charge on any atom is 0.328 e. The molecule has 0 aromatic rings. The minimum atomic E-state index is -0.477. The number of hydrogen-bond acceptors (Lipinski definition) is 4. The van der Waals surface area contributed by atoms with Crippen LogP contribution in [-0.4, -0.2) is 49.9 Å². The molecule has 25 heavy (non-hydrogen) atoms. The van der Waals surface area contributed by atoms with Crippen molar-refractivity contribution in [1.29, 1.82) is 0 Å². The summed E-state index contributed by atoms with van der Waals surface area (Å²) in [5, 5.41) is 6.36. The van der Waals surface area contributed by atoms with Crippen LogP contribution in [0.2, 0.25) is 0 Å². The molecule has 0 radical (unpaired) electrons. The molecule has 0 bridgehead atoms. The Balaban J connectivity index is 0.00000576. The third-order valence-corrected chi connectivity index (χ3v) is 3.65. The van der Waals surface area contributed by atoms with Gasteiger partial charge in [0.1, 0.15) is 12.1 Å². The number of rotatable bonds is 8. The molecule has 0 aliphatic heterocycles. The van der Waals surface area contributed by atoms with E-state index in [0.29, 0.717) is 12.1 Å². The lowest BCUT2D eigenvalue weighted by Gasteiger charge is -2.22. The zero-order chi connectivity index (χ0) is 17.8. The van der Waals surface area contributed by atoms with Gasteiger partial charge in [-0.25, -0.2) is 4.99 Å². The summed E-state index contributed by atoms with van der Waals surface area (Å²) in [4.78, 5) is 16.0. The molecule has 0 spiro atoms. The third kappa shape index (κ3) is 13.3. The first kappa shape index (κ1) is 24.4. The quantitative estimate of drug-likeness (QED) is 0.188. The number of esters is 1. The predicted octanol–water partition coefficient (Wildman–Crippen LogP) is 3.24. The molecule has 0 heterocycles. The average molecular weight is 469 g/mol. The van der Waals surface area contributed by atoms with E-state index in [1.807, 2.05) is 27.7 Å². The summed E-state index contributed by atoms with van der Waals surface area (Å²) in [5.41, 5.74) is -0.477. The van der Waals surface area contributed by atoms with Crippen molar-refractivity contribution in [1.82, 2.24) is 10.6 Å². The molecule has 148 valence electrons. The van der Waals surface area contributed by atoms with E-state index < -0.39 is 5.60 Å². The van der Waals surface area contributed by atoms with E-state index in [0.717, 1.165) is 26.1 Å². The van der Waals surface area contributed by atoms with Crippen LogP contribution in [0.5, 0.6) is 0 Å². The van der Waals surface area contributed by atoms with Gasteiger partial charge in [-0.2, -0.15) is 0 Å². The van der Waals surface area contributed by atoms with E-state index in [9.17, 15) is 4.79 Å². The van der Waals surface area contributed by atoms with Crippen molar-refractivity contribution in [2.24, 2.45) is 4.99 Å². The van der Waals surface area contributed by atoms with Crippen molar-refractivity contribution in [3.05, 3.63) is 0 Å². The number of hydrogen-bond donors (Lipinski definition) is 2. The smallest absolute Gasteiger partial charge is 0.328 e. The van der Waals surface area contributed by atoms with Crippen molar-refractivity contribution >= 4 is 35.9 Å². The molecule has 1 aliphatic rings. The minimum Gasteiger partial charge on any atom is -0.459 e. The monoisotopic (exact) mass is 469 g/mol. The Bertz CT molecular complexity index is 392. The number of nitrogens with one attached hydrogen (secondary N) is 2. The summed E-state index contributed by atoms with van der Waals surface area (Å²) in [7, 11) is 0. The Morgan fingerprint density at radius 2 is 1.84 bits per heavy atom. The fourth-order valence-corrected chi connectivity index (χ4v) is 2.62. The number of carbonyl (C=O) groups excluding carboxylic acids is 1. The topological polar surface area (TPSA) is 72.0 Å². The largest absolute Gasteiger partial charge is 0.459 e. The maximum absolute atomic E-state index is 11.7. The fraction of sp³-hybridized carbons (Fsp3) is 0.889. The SMILES string of the molecule is CCNC(=NCC(=O)OC(C)(C)C)NCCCOC1CCCCC1.I. The van der Waals surface area contributed by atoms with Crippen molar-refractivity contribution in [2.75, 3.05) is 26.2 Å². The van der Waals surface area contributed by atoms with Gasteiger partial charge in [0.15, 0.2) is 5.96 Å². The zero-order valence-electron chi connectivity index (χ0n) is 16.2. The van der Waals surface area contributed by atoms with Gasteiger partial charge in [-0.15, -0.1) is 24.0 Å². The van der Waals surface area contributed by atoms with E-state index in [-0.39, 0.29) is 36.5 Å². The van der Waals surface area contributed by atoms with Crippen LogP contribution in [-0.2, 0) is 14.3 Å². The molecule has 0 amide bonds. The average Bonchev–Trinajstić information content (AvgIpc) is 2.51. The Morgan fingerprint density at radius 1 is 1.16 bits per heavy atom. The number of aliphatic imine (C=N–C) groups is 1. The van der Waals surface area contributed by atoms with Gasteiger partial charge in [-0.05, 0) is 47.0 Å². The van der Waals surface area contributed by atoms with Crippen molar-refractivity contribution < 1.29 is 14.3 Å². The standard InChI is InChI=1S/C18H35N3O3.HI/c1-5-19-17(21-14-16(22)24-18(2,3)4)20-12-9-13-23-15-10-7-6-8-11-15;/h15H,5-14H2,1-4H3,(H2,19,20,21);1H. The first-order valence-electron chi connectivity index (χ1n) is 9.26. The maximum atomic E-state index is 11.7. The molecule has 6 nitrogen and oxygen atoms in total. The molecule has 1 rings (SSSR count). The molecule has 0 atom stereocenters. The van der Waals surface area contributed by atoms with E-state index in [4.69, 9.17) is 9.47 Å². The van der Waals surface area contributed by atoms with E-state index >= 15 is 0 Å². The van der Waals surface area contributed by atoms with Gasteiger partial charge in [0.2, 0.25) is 0 Å². The van der Waals surface area contributed by atoms with Gasteiger partial charge >= 0.3 is 5.97 Å². The molecule has 2 N–H and O–H groups in total. The number of ether oxygens (including phenoxy) is 2. The van der Waals surface area contributed by atoms with Gasteiger partial charge in [0, 0.05) is 19.7 Å². The summed E-state index contributed by atoms with van der Waals surface area (Å²) in [5.74, 6) is 0.321. The molecule has 0 unspecified atom stereocenters. The normalized spacial score (nSPS) is 16.1. The van der Waals surface area contributed by atoms with Gasteiger partial charge < -0.3 is 20.1 Å². The van der Waals surface area contributed by atoms with Gasteiger partial charge in [0.25, 0.3) is 0 Å².